The van der Waals surface area contributed by atoms with E-state index in [1.807, 2.05) is 0 Å². The normalized spacial score (nSPS) is 16.3. The highest BCUT2D eigenvalue weighted by atomic mass is 35.5. The van der Waals surface area contributed by atoms with Crippen LogP contribution in [-0.4, -0.2) is 54.4 Å². The van der Waals surface area contributed by atoms with Gasteiger partial charge in [-0.15, -0.1) is 11.8 Å². The first kappa shape index (κ1) is 21.4. The van der Waals surface area contributed by atoms with Crippen molar-refractivity contribution in [2.75, 3.05) is 55.0 Å². The molecule has 6 bridgehead atoms. The minimum Gasteiger partial charge on any atom is -0.369 e. The van der Waals surface area contributed by atoms with Gasteiger partial charge in [-0.05, 0) is 67.6 Å². The number of nitrogens with zero attached hydrogens (tertiary/aromatic N) is 4. The lowest BCUT2D eigenvalue weighted by Crippen LogP contribution is -2.44. The molecule has 2 N–H and O–H groups in total. The third-order valence-electron chi connectivity index (χ3n) is 6.12. The van der Waals surface area contributed by atoms with Crippen molar-refractivity contribution in [3.63, 3.8) is 0 Å². The van der Waals surface area contributed by atoms with Crippen LogP contribution in [0.3, 0.4) is 0 Å². The van der Waals surface area contributed by atoms with Crippen molar-refractivity contribution in [1.82, 2.24) is 14.9 Å². The number of benzene rings is 2. The maximum Gasteiger partial charge on any atom is 0.229 e. The van der Waals surface area contributed by atoms with Crippen LogP contribution in [0.2, 0.25) is 5.02 Å². The molecule has 8 heteroatoms. The van der Waals surface area contributed by atoms with E-state index in [-0.39, 0.29) is 0 Å². The Balaban J connectivity index is 1.57. The highest BCUT2D eigenvalue weighted by molar-refractivity contribution is 7.98. The average molecular weight is 467 g/mol. The van der Waals surface area contributed by atoms with Crippen LogP contribution in [0, 0.1) is 0 Å². The summed E-state index contributed by atoms with van der Waals surface area (Å²) >= 11 is 8.12. The third-order valence-corrected chi connectivity index (χ3v) is 7.20. The summed E-state index contributed by atoms with van der Waals surface area (Å²) in [5, 5.41) is 7.29. The lowest BCUT2D eigenvalue weighted by molar-refractivity contribution is 0.312. The molecule has 0 amide bonds. The predicted molar refractivity (Wildman–Crippen MR) is 135 cm³/mol. The van der Waals surface area contributed by atoms with E-state index in [0.717, 1.165) is 55.3 Å². The van der Waals surface area contributed by atoms with Gasteiger partial charge in [-0.2, -0.15) is 4.98 Å². The number of hydrogen-bond donors (Lipinski definition) is 2. The number of hydrogen-bond acceptors (Lipinski definition) is 7. The van der Waals surface area contributed by atoms with Gasteiger partial charge in [0.15, 0.2) is 5.82 Å². The minimum atomic E-state index is 0.494. The molecular weight excluding hydrogens is 440 g/mol. The molecule has 6 nitrogen and oxygen atoms in total. The number of halogens is 1. The van der Waals surface area contributed by atoms with Crippen molar-refractivity contribution in [3.05, 3.63) is 58.7 Å². The highest BCUT2D eigenvalue weighted by Crippen LogP contribution is 2.34. The molecule has 2 aromatic carbocycles. The van der Waals surface area contributed by atoms with E-state index in [4.69, 9.17) is 11.6 Å². The fourth-order valence-electron chi connectivity index (χ4n) is 4.28. The van der Waals surface area contributed by atoms with Crippen molar-refractivity contribution in [2.45, 2.75) is 17.7 Å². The van der Waals surface area contributed by atoms with Crippen LogP contribution in [-0.2, 0) is 12.8 Å². The van der Waals surface area contributed by atoms with Crippen LogP contribution in [0.15, 0.2) is 47.5 Å². The van der Waals surface area contributed by atoms with Crippen molar-refractivity contribution in [3.8, 4) is 0 Å². The molecule has 0 saturated carbocycles. The van der Waals surface area contributed by atoms with E-state index in [2.05, 4.69) is 80.1 Å². The molecule has 0 atom stereocenters. The van der Waals surface area contributed by atoms with E-state index in [1.54, 1.807) is 18.0 Å². The van der Waals surface area contributed by atoms with Crippen LogP contribution in [0.5, 0.6) is 0 Å². The summed E-state index contributed by atoms with van der Waals surface area (Å²) < 4.78 is 0. The Kier molecular flexibility index (Phi) is 6.13. The summed E-state index contributed by atoms with van der Waals surface area (Å²) in [7, 11) is 2.19. The maximum atomic E-state index is 6.41. The zero-order valence-electron chi connectivity index (χ0n) is 18.4. The zero-order chi connectivity index (χ0) is 22.1. The zero-order valence-corrected chi connectivity index (χ0v) is 19.9. The quantitative estimate of drug-likeness (QED) is 0.504. The summed E-state index contributed by atoms with van der Waals surface area (Å²) in [4.78, 5) is 15.1. The molecule has 0 spiro atoms. The summed E-state index contributed by atoms with van der Waals surface area (Å²) in [6, 6.07) is 13.2. The molecule has 2 aliphatic rings. The van der Waals surface area contributed by atoms with Gasteiger partial charge in [0, 0.05) is 42.4 Å². The van der Waals surface area contributed by atoms with E-state index in [1.165, 1.54) is 16.8 Å². The molecule has 0 unspecified atom stereocenters. The Morgan fingerprint density at radius 1 is 1.00 bits per heavy atom. The number of aryl methyl sites for hydroxylation is 2. The number of thioether (sulfide) groups is 1. The molecule has 0 aliphatic carbocycles. The number of anilines is 5. The SMILES string of the molecule is CSc1ccc2cc1Nc1nc(ncc1Cl)Nc1ccc(N3CCN(C)CC3)c(c1)CC2. The molecule has 2 aliphatic heterocycles. The van der Waals surface area contributed by atoms with Gasteiger partial charge in [-0.1, -0.05) is 17.7 Å². The molecule has 5 rings (SSSR count). The number of aromatic nitrogens is 2. The lowest BCUT2D eigenvalue weighted by atomic mass is 10.0. The molecule has 0 radical (unpaired) electrons. The first-order valence-corrected chi connectivity index (χ1v) is 12.5. The number of likely N-dealkylation sites (N-methyl/N-ethyl adjacent to an activating group) is 1. The Morgan fingerprint density at radius 2 is 1.84 bits per heavy atom. The van der Waals surface area contributed by atoms with Crippen LogP contribution in [0.1, 0.15) is 11.1 Å². The van der Waals surface area contributed by atoms with Crippen molar-refractivity contribution in [2.24, 2.45) is 0 Å². The molecule has 3 heterocycles. The number of piperazine rings is 1. The van der Waals surface area contributed by atoms with Crippen LogP contribution in [0.4, 0.5) is 28.8 Å². The van der Waals surface area contributed by atoms with Crippen molar-refractivity contribution >= 4 is 52.2 Å². The monoisotopic (exact) mass is 466 g/mol. The Labute approximate surface area is 198 Å². The fourth-order valence-corrected chi connectivity index (χ4v) is 4.95. The van der Waals surface area contributed by atoms with Gasteiger partial charge >= 0.3 is 0 Å². The lowest BCUT2D eigenvalue weighted by Gasteiger charge is -2.35. The molecule has 166 valence electrons. The first-order valence-electron chi connectivity index (χ1n) is 10.9. The largest absolute Gasteiger partial charge is 0.369 e. The number of nitrogens with one attached hydrogen (secondary N) is 2. The highest BCUT2D eigenvalue weighted by Gasteiger charge is 2.18. The van der Waals surface area contributed by atoms with Gasteiger partial charge in [0.25, 0.3) is 0 Å². The van der Waals surface area contributed by atoms with Gasteiger partial charge in [0.05, 0.1) is 11.9 Å². The van der Waals surface area contributed by atoms with Crippen molar-refractivity contribution in [1.29, 1.82) is 0 Å². The fraction of sp³-hybridized carbons (Fsp3) is 0.333. The predicted octanol–water partition coefficient (Wildman–Crippen LogP) is 5.19. The van der Waals surface area contributed by atoms with E-state index < -0.39 is 0 Å². The second-order valence-corrected chi connectivity index (χ2v) is 9.56. The standard InChI is InChI=1S/C24H27ClN6S/c1-30-9-11-31(12-10-30)21-7-6-18-14-17(21)5-3-16-4-8-22(32-2)20(13-16)28-23-19(25)15-26-24(27-18)29-23/h4,6-8,13-15H,3,5,9-12H2,1-2H3,(H2,26,27,28,29). The van der Waals surface area contributed by atoms with E-state index in [0.29, 0.717) is 16.8 Å². The summed E-state index contributed by atoms with van der Waals surface area (Å²) in [6.45, 7) is 4.28. The smallest absolute Gasteiger partial charge is 0.229 e. The Morgan fingerprint density at radius 3 is 2.66 bits per heavy atom. The topological polar surface area (TPSA) is 56.3 Å². The van der Waals surface area contributed by atoms with Gasteiger partial charge in [0.2, 0.25) is 5.95 Å². The Bertz CT molecular complexity index is 1130. The van der Waals surface area contributed by atoms with Crippen LogP contribution < -0.4 is 15.5 Å². The molecule has 1 aromatic heterocycles. The van der Waals surface area contributed by atoms with Crippen molar-refractivity contribution < 1.29 is 0 Å². The molecule has 1 saturated heterocycles. The van der Waals surface area contributed by atoms with Gasteiger partial charge in [-0.3, -0.25) is 0 Å². The summed E-state index contributed by atoms with van der Waals surface area (Å²) in [6.07, 6.45) is 5.65. The van der Waals surface area contributed by atoms with E-state index in [9.17, 15) is 0 Å². The van der Waals surface area contributed by atoms with Crippen LogP contribution >= 0.6 is 23.4 Å². The van der Waals surface area contributed by atoms with Gasteiger partial charge < -0.3 is 20.4 Å². The molecular formula is C24H27ClN6S. The number of fused-ring (bicyclic) bond motifs is 6. The van der Waals surface area contributed by atoms with Gasteiger partial charge in [0.1, 0.15) is 5.02 Å². The number of rotatable bonds is 2. The molecule has 32 heavy (non-hydrogen) atoms. The summed E-state index contributed by atoms with van der Waals surface area (Å²) in [5.74, 6) is 1.13. The summed E-state index contributed by atoms with van der Waals surface area (Å²) in [5.41, 5.74) is 5.97. The molecule has 1 fully saturated rings. The average Bonchev–Trinajstić information content (AvgIpc) is 2.81. The van der Waals surface area contributed by atoms with Crippen LogP contribution in [0.25, 0.3) is 0 Å². The van der Waals surface area contributed by atoms with Gasteiger partial charge in [-0.25, -0.2) is 4.98 Å². The molecule has 3 aromatic rings. The third kappa shape index (κ3) is 4.51. The maximum absolute atomic E-state index is 6.41. The second kappa shape index (κ2) is 9.17. The van der Waals surface area contributed by atoms with E-state index >= 15 is 0 Å². The Hall–Kier alpha value is -2.48. The first-order chi connectivity index (χ1) is 15.6. The minimum absolute atomic E-state index is 0.494. The second-order valence-electron chi connectivity index (χ2n) is 8.31.